The second-order valence-corrected chi connectivity index (χ2v) is 6.57. The van der Waals surface area contributed by atoms with E-state index in [0.29, 0.717) is 11.5 Å². The van der Waals surface area contributed by atoms with E-state index in [2.05, 4.69) is 27.7 Å². The number of nitrogens with two attached hydrogens (primary N) is 1. The van der Waals surface area contributed by atoms with Crippen molar-refractivity contribution < 1.29 is 0 Å². The lowest BCUT2D eigenvalue weighted by Gasteiger charge is -2.26. The molecule has 0 fully saturated rings. The molecule has 104 valence electrons. The Morgan fingerprint density at radius 3 is 1.82 bits per heavy atom. The molecular weight excluding hydrogens is 206 g/mol. The number of rotatable bonds is 11. The summed E-state index contributed by atoms with van der Waals surface area (Å²) in [6.07, 6.45) is 13.8. The van der Waals surface area contributed by atoms with Gasteiger partial charge in [-0.15, -0.1) is 0 Å². The lowest BCUT2D eigenvalue weighted by Crippen LogP contribution is -2.24. The van der Waals surface area contributed by atoms with Gasteiger partial charge >= 0.3 is 0 Å². The molecule has 0 saturated carbocycles. The Bertz CT molecular complexity index is 161. The van der Waals surface area contributed by atoms with Gasteiger partial charge in [0.25, 0.3) is 0 Å². The van der Waals surface area contributed by atoms with Crippen LogP contribution in [0.4, 0.5) is 0 Å². The Balaban J connectivity index is 3.32. The van der Waals surface area contributed by atoms with Crippen LogP contribution in [0.3, 0.4) is 0 Å². The van der Waals surface area contributed by atoms with Crippen molar-refractivity contribution in [1.29, 1.82) is 0 Å². The molecule has 0 amide bonds. The van der Waals surface area contributed by atoms with Crippen molar-refractivity contribution in [2.45, 2.75) is 97.9 Å². The molecule has 1 heteroatoms. The fraction of sp³-hybridized carbons (Fsp3) is 1.00. The first kappa shape index (κ1) is 17.0. The highest BCUT2D eigenvalue weighted by Gasteiger charge is 2.18. The molecule has 0 aliphatic rings. The average Bonchev–Trinajstić information content (AvgIpc) is 2.20. The monoisotopic (exact) mass is 241 g/mol. The van der Waals surface area contributed by atoms with Crippen LogP contribution >= 0.6 is 0 Å². The zero-order valence-corrected chi connectivity index (χ0v) is 12.7. The second kappa shape index (κ2) is 9.94. The largest absolute Gasteiger partial charge is 0.328 e. The molecule has 1 nitrogen and oxygen atoms in total. The third-order valence-electron chi connectivity index (χ3n) is 3.58. The predicted octanol–water partition coefficient (Wildman–Crippen LogP) is 5.28. The molecule has 0 radical (unpaired) electrons. The maximum atomic E-state index is 5.88. The topological polar surface area (TPSA) is 26.0 Å². The van der Waals surface area contributed by atoms with Gasteiger partial charge in [-0.25, -0.2) is 0 Å². The minimum absolute atomic E-state index is 0.346. The van der Waals surface area contributed by atoms with Gasteiger partial charge in [0, 0.05) is 6.04 Å². The van der Waals surface area contributed by atoms with Crippen molar-refractivity contribution in [2.75, 3.05) is 0 Å². The molecule has 0 bridgehead atoms. The summed E-state index contributed by atoms with van der Waals surface area (Å²) in [7, 11) is 0. The third-order valence-corrected chi connectivity index (χ3v) is 3.58. The Morgan fingerprint density at radius 1 is 0.882 bits per heavy atom. The minimum Gasteiger partial charge on any atom is -0.328 e. The van der Waals surface area contributed by atoms with Crippen LogP contribution in [0.15, 0.2) is 0 Å². The molecule has 0 aromatic rings. The van der Waals surface area contributed by atoms with E-state index >= 15 is 0 Å². The molecule has 0 aliphatic carbocycles. The molecular formula is C16H35N. The van der Waals surface area contributed by atoms with Gasteiger partial charge in [-0.05, 0) is 25.2 Å². The van der Waals surface area contributed by atoms with Crippen LogP contribution in [0.5, 0.6) is 0 Å². The van der Waals surface area contributed by atoms with Crippen LogP contribution in [0, 0.1) is 5.41 Å². The van der Waals surface area contributed by atoms with Gasteiger partial charge in [0.15, 0.2) is 0 Å². The number of hydrogen-bond acceptors (Lipinski definition) is 1. The number of hydrogen-bond donors (Lipinski definition) is 1. The SMILES string of the molecule is CCCCCCCCCCC(C)(C)CC(C)N. The number of unbranched alkanes of at least 4 members (excludes halogenated alkanes) is 7. The van der Waals surface area contributed by atoms with Gasteiger partial charge in [-0.2, -0.15) is 0 Å². The molecule has 1 atom stereocenters. The van der Waals surface area contributed by atoms with Crippen molar-refractivity contribution in [3.63, 3.8) is 0 Å². The van der Waals surface area contributed by atoms with E-state index in [1.54, 1.807) is 0 Å². The highest BCUT2D eigenvalue weighted by molar-refractivity contribution is 4.73. The lowest BCUT2D eigenvalue weighted by atomic mass is 9.81. The maximum Gasteiger partial charge on any atom is 0.00155 e. The van der Waals surface area contributed by atoms with Crippen LogP contribution in [-0.2, 0) is 0 Å². The predicted molar refractivity (Wildman–Crippen MR) is 79.3 cm³/mol. The van der Waals surface area contributed by atoms with Crippen molar-refractivity contribution in [2.24, 2.45) is 11.1 Å². The van der Waals surface area contributed by atoms with Crippen molar-refractivity contribution in [1.82, 2.24) is 0 Å². The van der Waals surface area contributed by atoms with E-state index in [-0.39, 0.29) is 0 Å². The standard InChI is InChI=1S/C16H35N/c1-5-6-7-8-9-10-11-12-13-16(3,4)14-15(2)17/h15H,5-14,17H2,1-4H3. The molecule has 1 unspecified atom stereocenters. The van der Waals surface area contributed by atoms with Crippen molar-refractivity contribution in [3.05, 3.63) is 0 Å². The molecule has 0 aromatic heterocycles. The van der Waals surface area contributed by atoms with E-state index in [1.807, 2.05) is 0 Å². The van der Waals surface area contributed by atoms with Gasteiger partial charge < -0.3 is 5.73 Å². The third kappa shape index (κ3) is 12.2. The van der Waals surface area contributed by atoms with Crippen LogP contribution in [0.1, 0.15) is 91.9 Å². The van der Waals surface area contributed by atoms with Crippen LogP contribution in [0.25, 0.3) is 0 Å². The Labute approximate surface area is 110 Å². The smallest absolute Gasteiger partial charge is 0.00155 e. The molecule has 0 aliphatic heterocycles. The molecule has 0 aromatic carbocycles. The quantitative estimate of drug-likeness (QED) is 0.489. The van der Waals surface area contributed by atoms with Crippen molar-refractivity contribution >= 4 is 0 Å². The highest BCUT2D eigenvalue weighted by atomic mass is 14.6. The van der Waals surface area contributed by atoms with Gasteiger partial charge in [0.2, 0.25) is 0 Å². The fourth-order valence-corrected chi connectivity index (χ4v) is 2.71. The Morgan fingerprint density at radius 2 is 1.35 bits per heavy atom. The summed E-state index contributed by atoms with van der Waals surface area (Å²) in [5.74, 6) is 0. The molecule has 0 rings (SSSR count). The summed E-state index contributed by atoms with van der Waals surface area (Å²) in [6.45, 7) is 9.12. The Hall–Kier alpha value is -0.0400. The first-order valence-electron chi connectivity index (χ1n) is 7.73. The van der Waals surface area contributed by atoms with Crippen LogP contribution in [-0.4, -0.2) is 6.04 Å². The van der Waals surface area contributed by atoms with E-state index in [9.17, 15) is 0 Å². The average molecular weight is 241 g/mol. The fourth-order valence-electron chi connectivity index (χ4n) is 2.71. The summed E-state index contributed by atoms with van der Waals surface area (Å²) >= 11 is 0. The molecule has 0 spiro atoms. The molecule has 17 heavy (non-hydrogen) atoms. The van der Waals surface area contributed by atoms with Gasteiger partial charge in [-0.1, -0.05) is 72.1 Å². The van der Waals surface area contributed by atoms with Crippen LogP contribution in [0.2, 0.25) is 0 Å². The summed E-state index contributed by atoms with van der Waals surface area (Å²) in [5, 5.41) is 0. The summed E-state index contributed by atoms with van der Waals surface area (Å²) < 4.78 is 0. The maximum absolute atomic E-state index is 5.88. The molecule has 2 N–H and O–H groups in total. The van der Waals surface area contributed by atoms with E-state index in [0.717, 1.165) is 6.42 Å². The highest BCUT2D eigenvalue weighted by Crippen LogP contribution is 2.28. The van der Waals surface area contributed by atoms with E-state index in [1.165, 1.54) is 57.8 Å². The molecule has 0 heterocycles. The van der Waals surface area contributed by atoms with E-state index < -0.39 is 0 Å². The van der Waals surface area contributed by atoms with Gasteiger partial charge in [0.05, 0.1) is 0 Å². The zero-order chi connectivity index (χ0) is 13.1. The van der Waals surface area contributed by atoms with E-state index in [4.69, 9.17) is 5.73 Å². The summed E-state index contributed by atoms with van der Waals surface area (Å²) in [4.78, 5) is 0. The molecule has 0 saturated heterocycles. The normalized spacial score (nSPS) is 13.9. The van der Waals surface area contributed by atoms with Crippen molar-refractivity contribution in [3.8, 4) is 0 Å². The second-order valence-electron chi connectivity index (χ2n) is 6.57. The lowest BCUT2D eigenvalue weighted by molar-refractivity contribution is 0.276. The van der Waals surface area contributed by atoms with Gasteiger partial charge in [0.1, 0.15) is 0 Å². The zero-order valence-electron chi connectivity index (χ0n) is 12.7. The summed E-state index contributed by atoms with van der Waals surface area (Å²) in [5.41, 5.74) is 6.32. The minimum atomic E-state index is 0.346. The first-order valence-corrected chi connectivity index (χ1v) is 7.73. The van der Waals surface area contributed by atoms with Gasteiger partial charge in [-0.3, -0.25) is 0 Å². The first-order chi connectivity index (χ1) is 7.98. The van der Waals surface area contributed by atoms with Crippen LogP contribution < -0.4 is 5.73 Å². The summed E-state index contributed by atoms with van der Waals surface area (Å²) in [6, 6.07) is 0.346. The Kier molecular flexibility index (Phi) is 9.91.